The van der Waals surface area contributed by atoms with E-state index in [9.17, 15) is 9.90 Å². The predicted molar refractivity (Wildman–Crippen MR) is 65.1 cm³/mol. The highest BCUT2D eigenvalue weighted by molar-refractivity contribution is 8.01. The molecular weight excluding hydrogens is 226 g/mol. The van der Waals surface area contributed by atoms with Gasteiger partial charge in [-0.25, -0.2) is 0 Å². The summed E-state index contributed by atoms with van der Waals surface area (Å²) < 4.78 is 0. The number of hydrogen-bond donors (Lipinski definition) is 2. The molecule has 16 heavy (non-hydrogen) atoms. The average Bonchev–Trinajstić information content (AvgIpc) is 2.63. The van der Waals surface area contributed by atoms with Gasteiger partial charge in [-0.1, -0.05) is 26.7 Å². The van der Waals surface area contributed by atoms with Crippen LogP contribution in [-0.2, 0) is 4.79 Å². The van der Waals surface area contributed by atoms with Gasteiger partial charge in [0.05, 0.1) is 23.8 Å². The first kappa shape index (κ1) is 13.8. The van der Waals surface area contributed by atoms with Crippen LogP contribution < -0.4 is 0 Å². The summed E-state index contributed by atoms with van der Waals surface area (Å²) in [6.45, 7) is 4.21. The predicted octanol–water partition coefficient (Wildman–Crippen LogP) is 0.677. The number of hydrogen-bond acceptors (Lipinski definition) is 4. The van der Waals surface area contributed by atoms with Crippen LogP contribution in [0.3, 0.4) is 0 Å². The summed E-state index contributed by atoms with van der Waals surface area (Å²) in [5.41, 5.74) is 0. The van der Waals surface area contributed by atoms with Crippen LogP contribution in [0.5, 0.6) is 0 Å². The van der Waals surface area contributed by atoms with Crippen molar-refractivity contribution in [2.75, 3.05) is 18.9 Å². The molecule has 1 amide bonds. The Morgan fingerprint density at radius 1 is 1.50 bits per heavy atom. The van der Waals surface area contributed by atoms with E-state index >= 15 is 0 Å². The third kappa shape index (κ3) is 3.12. The largest absolute Gasteiger partial charge is 0.394 e. The maximum Gasteiger partial charge on any atom is 0.233 e. The summed E-state index contributed by atoms with van der Waals surface area (Å²) in [5.74, 6) is 1.05. The van der Waals surface area contributed by atoms with Crippen molar-refractivity contribution in [3.63, 3.8) is 0 Å². The SMILES string of the molecule is CCC(CC)C1SCC(=O)N1CC(O)CO. The average molecular weight is 247 g/mol. The molecule has 1 aliphatic heterocycles. The van der Waals surface area contributed by atoms with Crippen molar-refractivity contribution in [2.45, 2.75) is 38.2 Å². The Morgan fingerprint density at radius 3 is 2.62 bits per heavy atom. The zero-order chi connectivity index (χ0) is 12.1. The number of carbonyl (C=O) groups excluding carboxylic acids is 1. The minimum Gasteiger partial charge on any atom is -0.394 e. The van der Waals surface area contributed by atoms with Gasteiger partial charge in [-0.2, -0.15) is 0 Å². The van der Waals surface area contributed by atoms with Gasteiger partial charge in [0, 0.05) is 6.54 Å². The zero-order valence-corrected chi connectivity index (χ0v) is 10.7. The van der Waals surface area contributed by atoms with Gasteiger partial charge in [-0.15, -0.1) is 11.8 Å². The summed E-state index contributed by atoms with van der Waals surface area (Å²) in [6.07, 6.45) is 1.25. The van der Waals surface area contributed by atoms with Crippen LogP contribution in [0.2, 0.25) is 0 Å². The number of aliphatic hydroxyl groups is 2. The fraction of sp³-hybridized carbons (Fsp3) is 0.909. The molecule has 4 nitrogen and oxygen atoms in total. The number of carbonyl (C=O) groups is 1. The lowest BCUT2D eigenvalue weighted by atomic mass is 10.0. The van der Waals surface area contributed by atoms with Gasteiger partial charge in [0.25, 0.3) is 0 Å². The van der Waals surface area contributed by atoms with E-state index in [1.807, 2.05) is 0 Å². The normalized spacial score (nSPS) is 23.2. The molecule has 1 saturated heterocycles. The smallest absolute Gasteiger partial charge is 0.233 e. The van der Waals surface area contributed by atoms with E-state index in [1.54, 1.807) is 16.7 Å². The number of β-amino-alcohol motifs (C(OH)–C–C–N with tert-alkyl or cyclic N) is 1. The molecule has 1 heterocycles. The molecule has 94 valence electrons. The maximum atomic E-state index is 11.7. The minimum atomic E-state index is -0.820. The molecule has 2 N–H and O–H groups in total. The molecule has 2 atom stereocenters. The molecule has 0 spiro atoms. The third-order valence-corrected chi connectivity index (χ3v) is 4.47. The van der Waals surface area contributed by atoms with Crippen LogP contribution in [0.1, 0.15) is 26.7 Å². The summed E-state index contributed by atoms with van der Waals surface area (Å²) >= 11 is 1.65. The van der Waals surface area contributed by atoms with E-state index in [0.29, 0.717) is 11.7 Å². The Kier molecular flexibility index (Phi) is 5.58. The first-order valence-electron chi connectivity index (χ1n) is 5.84. The zero-order valence-electron chi connectivity index (χ0n) is 9.93. The van der Waals surface area contributed by atoms with E-state index in [4.69, 9.17) is 5.11 Å². The summed E-state index contributed by atoms with van der Waals surface area (Å²) in [7, 11) is 0. The maximum absolute atomic E-state index is 11.7. The second kappa shape index (κ2) is 6.47. The van der Waals surface area contributed by atoms with E-state index in [2.05, 4.69) is 13.8 Å². The van der Waals surface area contributed by atoms with Crippen molar-refractivity contribution >= 4 is 17.7 Å². The molecule has 0 aromatic heterocycles. The van der Waals surface area contributed by atoms with Crippen LogP contribution in [-0.4, -0.2) is 51.4 Å². The van der Waals surface area contributed by atoms with Crippen molar-refractivity contribution in [1.29, 1.82) is 0 Å². The van der Waals surface area contributed by atoms with E-state index in [-0.39, 0.29) is 24.4 Å². The molecule has 1 aliphatic rings. The number of nitrogens with zero attached hydrogens (tertiary/aromatic N) is 1. The quantitative estimate of drug-likeness (QED) is 0.724. The topological polar surface area (TPSA) is 60.8 Å². The fourth-order valence-corrected chi connectivity index (χ4v) is 3.56. The summed E-state index contributed by atoms with van der Waals surface area (Å²) in [4.78, 5) is 13.4. The highest BCUT2D eigenvalue weighted by atomic mass is 32.2. The van der Waals surface area contributed by atoms with Crippen molar-refractivity contribution in [3.05, 3.63) is 0 Å². The van der Waals surface area contributed by atoms with Crippen molar-refractivity contribution in [1.82, 2.24) is 4.90 Å². The summed E-state index contributed by atoms with van der Waals surface area (Å²) in [5, 5.41) is 18.4. The molecular formula is C11H21NO3S. The van der Waals surface area contributed by atoms with Gasteiger partial charge >= 0.3 is 0 Å². The van der Waals surface area contributed by atoms with Crippen molar-refractivity contribution in [2.24, 2.45) is 5.92 Å². The number of thioether (sulfide) groups is 1. The van der Waals surface area contributed by atoms with Crippen LogP contribution in [0.4, 0.5) is 0 Å². The monoisotopic (exact) mass is 247 g/mol. The van der Waals surface area contributed by atoms with Crippen LogP contribution in [0.15, 0.2) is 0 Å². The highest BCUT2D eigenvalue weighted by Gasteiger charge is 2.36. The Balaban J connectivity index is 2.65. The Labute approximate surface area is 101 Å². The standard InChI is InChI=1S/C11H21NO3S/c1-3-8(4-2)11-12(5-9(14)6-13)10(15)7-16-11/h8-9,11,13-14H,3-7H2,1-2H3. The molecule has 1 fully saturated rings. The third-order valence-electron chi connectivity index (χ3n) is 3.08. The fourth-order valence-electron chi connectivity index (χ4n) is 2.04. The van der Waals surface area contributed by atoms with Gasteiger partial charge in [0.2, 0.25) is 5.91 Å². The molecule has 5 heteroatoms. The molecule has 0 aliphatic carbocycles. The lowest BCUT2D eigenvalue weighted by molar-refractivity contribution is -0.130. The van der Waals surface area contributed by atoms with E-state index in [1.165, 1.54) is 0 Å². The van der Waals surface area contributed by atoms with Gasteiger partial charge in [-0.05, 0) is 5.92 Å². The van der Waals surface area contributed by atoms with Gasteiger partial charge in [0.1, 0.15) is 0 Å². The molecule has 0 saturated carbocycles. The van der Waals surface area contributed by atoms with E-state index in [0.717, 1.165) is 12.8 Å². The van der Waals surface area contributed by atoms with Gasteiger partial charge in [-0.3, -0.25) is 4.79 Å². The van der Waals surface area contributed by atoms with E-state index < -0.39 is 6.10 Å². The first-order valence-corrected chi connectivity index (χ1v) is 6.88. The molecule has 1 rings (SSSR count). The lowest BCUT2D eigenvalue weighted by Crippen LogP contribution is -2.42. The Morgan fingerprint density at radius 2 is 2.12 bits per heavy atom. The van der Waals surface area contributed by atoms with Gasteiger partial charge in [0.15, 0.2) is 0 Å². The molecule has 2 unspecified atom stereocenters. The van der Waals surface area contributed by atoms with Crippen LogP contribution in [0, 0.1) is 5.92 Å². The first-order chi connectivity index (χ1) is 7.63. The Bertz CT molecular complexity index is 233. The molecule has 0 radical (unpaired) electrons. The minimum absolute atomic E-state index is 0.0781. The highest BCUT2D eigenvalue weighted by Crippen LogP contribution is 2.33. The lowest BCUT2D eigenvalue weighted by Gasteiger charge is -2.30. The molecule has 0 aromatic carbocycles. The number of amides is 1. The van der Waals surface area contributed by atoms with Crippen molar-refractivity contribution in [3.8, 4) is 0 Å². The van der Waals surface area contributed by atoms with Gasteiger partial charge < -0.3 is 15.1 Å². The second-order valence-electron chi connectivity index (χ2n) is 4.16. The van der Waals surface area contributed by atoms with Crippen LogP contribution >= 0.6 is 11.8 Å². The Hall–Kier alpha value is -0.260. The van der Waals surface area contributed by atoms with Crippen molar-refractivity contribution < 1.29 is 15.0 Å². The van der Waals surface area contributed by atoms with Crippen LogP contribution in [0.25, 0.3) is 0 Å². The molecule has 0 aromatic rings. The molecule has 0 bridgehead atoms. The number of aliphatic hydroxyl groups excluding tert-OH is 2. The number of rotatable bonds is 6. The second-order valence-corrected chi connectivity index (χ2v) is 5.27. The summed E-state index contributed by atoms with van der Waals surface area (Å²) in [6, 6.07) is 0.